The van der Waals surface area contributed by atoms with Gasteiger partial charge in [-0.3, -0.25) is 10.3 Å². The number of rotatable bonds is 3. The van der Waals surface area contributed by atoms with Gasteiger partial charge in [-0.25, -0.2) is 4.39 Å². The van der Waals surface area contributed by atoms with Crippen LogP contribution in [0.3, 0.4) is 0 Å². The highest BCUT2D eigenvalue weighted by molar-refractivity contribution is 5.95. The minimum Gasteiger partial charge on any atom is -0.384 e. The first-order valence-electron chi connectivity index (χ1n) is 5.94. The van der Waals surface area contributed by atoms with Crippen LogP contribution in [0.15, 0.2) is 18.2 Å². The van der Waals surface area contributed by atoms with Gasteiger partial charge in [-0.1, -0.05) is 0 Å². The summed E-state index contributed by atoms with van der Waals surface area (Å²) in [6, 6.07) is 5.19. The SMILES string of the molecule is CC1CCCN1Cc1cc(F)cc(C(=N)N)c1. The van der Waals surface area contributed by atoms with Crippen molar-refractivity contribution in [2.75, 3.05) is 6.54 Å². The van der Waals surface area contributed by atoms with Crippen LogP contribution in [0.5, 0.6) is 0 Å². The van der Waals surface area contributed by atoms with Crippen LogP contribution in [0.25, 0.3) is 0 Å². The predicted octanol–water partition coefficient (Wildman–Crippen LogP) is 2.09. The van der Waals surface area contributed by atoms with Crippen molar-refractivity contribution >= 4 is 5.84 Å². The molecule has 0 saturated carbocycles. The Morgan fingerprint density at radius 1 is 1.53 bits per heavy atom. The van der Waals surface area contributed by atoms with Crippen molar-refractivity contribution in [3.05, 3.63) is 35.1 Å². The molecule has 0 amide bonds. The third-order valence-electron chi connectivity index (χ3n) is 3.34. The van der Waals surface area contributed by atoms with E-state index in [0.29, 0.717) is 11.6 Å². The van der Waals surface area contributed by atoms with Gasteiger partial charge in [0.05, 0.1) is 0 Å². The van der Waals surface area contributed by atoms with E-state index < -0.39 is 0 Å². The maximum absolute atomic E-state index is 13.4. The summed E-state index contributed by atoms with van der Waals surface area (Å²) < 4.78 is 13.4. The standard InChI is InChI=1S/C13H18FN3/c1-9-3-2-4-17(9)8-10-5-11(13(15)16)7-12(14)6-10/h5-7,9H,2-4,8H2,1H3,(H3,15,16). The van der Waals surface area contributed by atoms with Crippen molar-refractivity contribution in [2.24, 2.45) is 5.73 Å². The molecular formula is C13H18FN3. The van der Waals surface area contributed by atoms with E-state index in [-0.39, 0.29) is 11.7 Å². The molecule has 1 atom stereocenters. The third-order valence-corrected chi connectivity index (χ3v) is 3.34. The van der Waals surface area contributed by atoms with Crippen LogP contribution in [0.2, 0.25) is 0 Å². The molecule has 3 nitrogen and oxygen atoms in total. The van der Waals surface area contributed by atoms with Gasteiger partial charge in [-0.15, -0.1) is 0 Å². The van der Waals surface area contributed by atoms with E-state index in [1.807, 2.05) is 0 Å². The Hall–Kier alpha value is -1.42. The van der Waals surface area contributed by atoms with Gasteiger partial charge in [0.1, 0.15) is 11.7 Å². The van der Waals surface area contributed by atoms with Crippen molar-refractivity contribution in [3.8, 4) is 0 Å². The second kappa shape index (κ2) is 4.84. The zero-order chi connectivity index (χ0) is 12.4. The number of nitrogen functional groups attached to an aromatic ring is 1. The first-order chi connectivity index (χ1) is 8.06. The maximum Gasteiger partial charge on any atom is 0.124 e. The van der Waals surface area contributed by atoms with Gasteiger partial charge < -0.3 is 5.73 Å². The van der Waals surface area contributed by atoms with Crippen molar-refractivity contribution in [2.45, 2.75) is 32.4 Å². The van der Waals surface area contributed by atoms with Gasteiger partial charge >= 0.3 is 0 Å². The molecule has 92 valence electrons. The molecule has 1 fully saturated rings. The highest BCUT2D eigenvalue weighted by atomic mass is 19.1. The zero-order valence-electron chi connectivity index (χ0n) is 10.0. The van der Waals surface area contributed by atoms with E-state index in [1.54, 1.807) is 6.07 Å². The molecule has 2 rings (SSSR count). The first kappa shape index (κ1) is 12.0. The Labute approximate surface area is 101 Å². The van der Waals surface area contributed by atoms with Crippen molar-refractivity contribution in [1.29, 1.82) is 5.41 Å². The van der Waals surface area contributed by atoms with E-state index in [4.69, 9.17) is 11.1 Å². The summed E-state index contributed by atoms with van der Waals surface area (Å²) in [5.41, 5.74) is 6.75. The fraction of sp³-hybridized carbons (Fsp3) is 0.462. The largest absolute Gasteiger partial charge is 0.384 e. The minimum atomic E-state index is -0.320. The lowest BCUT2D eigenvalue weighted by atomic mass is 10.1. The fourth-order valence-electron chi connectivity index (χ4n) is 2.36. The smallest absolute Gasteiger partial charge is 0.124 e. The van der Waals surface area contributed by atoms with Crippen LogP contribution in [-0.2, 0) is 6.54 Å². The van der Waals surface area contributed by atoms with E-state index in [0.717, 1.165) is 18.7 Å². The molecule has 1 aliphatic rings. The van der Waals surface area contributed by atoms with E-state index in [9.17, 15) is 4.39 Å². The summed E-state index contributed by atoms with van der Waals surface area (Å²) >= 11 is 0. The predicted molar refractivity (Wildman–Crippen MR) is 66.5 cm³/mol. The number of hydrogen-bond acceptors (Lipinski definition) is 2. The van der Waals surface area contributed by atoms with Gasteiger partial charge in [-0.2, -0.15) is 0 Å². The van der Waals surface area contributed by atoms with Crippen LogP contribution in [0.1, 0.15) is 30.9 Å². The lowest BCUT2D eigenvalue weighted by molar-refractivity contribution is 0.260. The molecule has 0 aromatic heterocycles. The quantitative estimate of drug-likeness (QED) is 0.622. The fourth-order valence-corrected chi connectivity index (χ4v) is 2.36. The van der Waals surface area contributed by atoms with Gasteiger partial charge in [0.2, 0.25) is 0 Å². The number of nitrogens with one attached hydrogen (secondary N) is 1. The Morgan fingerprint density at radius 3 is 2.88 bits per heavy atom. The molecular weight excluding hydrogens is 217 g/mol. The summed E-state index contributed by atoms with van der Waals surface area (Å²) in [4.78, 5) is 2.33. The van der Waals surface area contributed by atoms with E-state index >= 15 is 0 Å². The second-order valence-corrected chi connectivity index (χ2v) is 4.72. The van der Waals surface area contributed by atoms with Crippen LogP contribution in [0.4, 0.5) is 4.39 Å². The van der Waals surface area contributed by atoms with Crippen molar-refractivity contribution < 1.29 is 4.39 Å². The number of likely N-dealkylation sites (tertiary alicyclic amines) is 1. The molecule has 1 saturated heterocycles. The normalized spacial score (nSPS) is 20.7. The Kier molecular flexibility index (Phi) is 3.43. The van der Waals surface area contributed by atoms with Crippen molar-refractivity contribution in [3.63, 3.8) is 0 Å². The highest BCUT2D eigenvalue weighted by Crippen LogP contribution is 2.20. The molecule has 0 spiro atoms. The van der Waals surface area contributed by atoms with E-state index in [2.05, 4.69) is 11.8 Å². The van der Waals surface area contributed by atoms with Crippen LogP contribution < -0.4 is 5.73 Å². The van der Waals surface area contributed by atoms with Crippen LogP contribution >= 0.6 is 0 Å². The molecule has 0 radical (unpaired) electrons. The van der Waals surface area contributed by atoms with Gasteiger partial charge in [0.15, 0.2) is 0 Å². The Morgan fingerprint density at radius 2 is 2.29 bits per heavy atom. The first-order valence-corrected chi connectivity index (χ1v) is 5.94. The van der Waals surface area contributed by atoms with Gasteiger partial charge in [0, 0.05) is 18.2 Å². The summed E-state index contributed by atoms with van der Waals surface area (Å²) in [5.74, 6) is -0.403. The number of nitrogens with zero attached hydrogens (tertiary/aromatic N) is 1. The number of halogens is 1. The topological polar surface area (TPSA) is 53.1 Å². The molecule has 17 heavy (non-hydrogen) atoms. The molecule has 1 aromatic carbocycles. The second-order valence-electron chi connectivity index (χ2n) is 4.72. The van der Waals surface area contributed by atoms with Crippen molar-refractivity contribution in [1.82, 2.24) is 4.90 Å². The average Bonchev–Trinajstić information content (AvgIpc) is 2.63. The molecule has 0 aliphatic carbocycles. The van der Waals surface area contributed by atoms with Crippen LogP contribution in [0, 0.1) is 11.2 Å². The number of nitrogens with two attached hydrogens (primary N) is 1. The molecule has 1 aliphatic heterocycles. The summed E-state index contributed by atoms with van der Waals surface area (Å²) in [7, 11) is 0. The minimum absolute atomic E-state index is 0.0831. The summed E-state index contributed by atoms with van der Waals surface area (Å²) in [6.07, 6.45) is 2.41. The maximum atomic E-state index is 13.4. The monoisotopic (exact) mass is 235 g/mol. The molecule has 3 N–H and O–H groups in total. The lowest BCUT2D eigenvalue weighted by Crippen LogP contribution is -2.26. The Balaban J connectivity index is 2.17. The molecule has 0 bridgehead atoms. The molecule has 1 unspecified atom stereocenters. The number of benzene rings is 1. The molecule has 1 aromatic rings. The molecule has 1 heterocycles. The summed E-state index contributed by atoms with van der Waals surface area (Å²) in [6.45, 7) is 3.99. The summed E-state index contributed by atoms with van der Waals surface area (Å²) in [5, 5.41) is 7.35. The lowest BCUT2D eigenvalue weighted by Gasteiger charge is -2.21. The van der Waals surface area contributed by atoms with Crippen LogP contribution in [-0.4, -0.2) is 23.3 Å². The van der Waals surface area contributed by atoms with Gasteiger partial charge in [-0.05, 0) is 50.1 Å². The number of hydrogen-bond donors (Lipinski definition) is 2. The highest BCUT2D eigenvalue weighted by Gasteiger charge is 2.20. The van der Waals surface area contributed by atoms with E-state index in [1.165, 1.54) is 25.0 Å². The third kappa shape index (κ3) is 2.82. The number of amidine groups is 1. The Bertz CT molecular complexity index is 431. The average molecular weight is 235 g/mol. The van der Waals surface area contributed by atoms with Gasteiger partial charge in [0.25, 0.3) is 0 Å². The molecule has 4 heteroatoms. The zero-order valence-corrected chi connectivity index (χ0v) is 10.0.